The number of methoxy groups -OCH3 is 1. The minimum atomic E-state index is -0.383. The fourth-order valence-electron chi connectivity index (χ4n) is 1.48. The first-order chi connectivity index (χ1) is 7.24. The molecule has 4 nitrogen and oxygen atoms in total. The highest BCUT2D eigenvalue weighted by Gasteiger charge is 2.20. The molecule has 0 aliphatic carbocycles. The van der Waals surface area contributed by atoms with Crippen LogP contribution in [-0.2, 0) is 4.79 Å². The largest absolute Gasteiger partial charge is 0.496 e. The van der Waals surface area contributed by atoms with Crippen molar-refractivity contribution in [1.82, 2.24) is 10.6 Å². The molecule has 0 aliphatic heterocycles. The second kappa shape index (κ2) is 5.36. The number of hydrogen-bond donors (Lipinski definition) is 2. The average molecular weight is 208 g/mol. The van der Waals surface area contributed by atoms with Crippen LogP contribution < -0.4 is 15.4 Å². The van der Waals surface area contributed by atoms with Crippen LogP contribution in [0.1, 0.15) is 11.6 Å². The third-order valence-corrected chi connectivity index (χ3v) is 2.25. The highest BCUT2D eigenvalue weighted by atomic mass is 16.5. The lowest BCUT2D eigenvalue weighted by molar-refractivity contribution is -0.122. The fourth-order valence-corrected chi connectivity index (χ4v) is 1.48. The Balaban J connectivity index is 3.05. The van der Waals surface area contributed by atoms with Crippen molar-refractivity contribution in [2.75, 3.05) is 21.2 Å². The maximum Gasteiger partial charge on any atom is 0.241 e. The van der Waals surface area contributed by atoms with Gasteiger partial charge < -0.3 is 15.4 Å². The Morgan fingerprint density at radius 2 is 2.00 bits per heavy atom. The van der Waals surface area contributed by atoms with E-state index in [1.54, 1.807) is 21.2 Å². The Hall–Kier alpha value is -1.55. The van der Waals surface area contributed by atoms with Crippen LogP contribution in [0.3, 0.4) is 0 Å². The van der Waals surface area contributed by atoms with Gasteiger partial charge in [0, 0.05) is 12.6 Å². The molecule has 4 heteroatoms. The van der Waals surface area contributed by atoms with Gasteiger partial charge in [0.1, 0.15) is 11.8 Å². The average Bonchev–Trinajstić information content (AvgIpc) is 2.30. The summed E-state index contributed by atoms with van der Waals surface area (Å²) in [6.07, 6.45) is 0. The van der Waals surface area contributed by atoms with Crippen LogP contribution >= 0.6 is 0 Å². The van der Waals surface area contributed by atoms with Crippen molar-refractivity contribution in [2.24, 2.45) is 0 Å². The number of amides is 1. The molecule has 1 amide bonds. The van der Waals surface area contributed by atoms with Crippen molar-refractivity contribution in [3.63, 3.8) is 0 Å². The van der Waals surface area contributed by atoms with E-state index in [1.807, 2.05) is 24.3 Å². The van der Waals surface area contributed by atoms with Crippen molar-refractivity contribution in [1.29, 1.82) is 0 Å². The summed E-state index contributed by atoms with van der Waals surface area (Å²) in [6.45, 7) is 0. The van der Waals surface area contributed by atoms with Crippen molar-refractivity contribution in [3.8, 4) is 5.75 Å². The van der Waals surface area contributed by atoms with Crippen LogP contribution in [0.25, 0.3) is 0 Å². The van der Waals surface area contributed by atoms with Gasteiger partial charge in [-0.05, 0) is 13.1 Å². The van der Waals surface area contributed by atoms with Crippen LogP contribution in [0, 0.1) is 0 Å². The van der Waals surface area contributed by atoms with E-state index >= 15 is 0 Å². The first-order valence-corrected chi connectivity index (χ1v) is 4.76. The number of likely N-dealkylation sites (N-methyl/N-ethyl adjacent to an activating group) is 2. The molecule has 0 saturated heterocycles. The normalized spacial score (nSPS) is 11.9. The molecule has 2 N–H and O–H groups in total. The van der Waals surface area contributed by atoms with E-state index in [9.17, 15) is 4.79 Å². The molecular weight excluding hydrogens is 192 g/mol. The minimum absolute atomic E-state index is 0.0815. The molecule has 0 aromatic heterocycles. The monoisotopic (exact) mass is 208 g/mol. The van der Waals surface area contributed by atoms with Gasteiger partial charge in [0.05, 0.1) is 7.11 Å². The predicted molar refractivity (Wildman–Crippen MR) is 58.9 cm³/mol. The number of nitrogens with one attached hydrogen (secondary N) is 2. The molecule has 0 fully saturated rings. The Morgan fingerprint density at radius 1 is 1.33 bits per heavy atom. The zero-order valence-corrected chi connectivity index (χ0v) is 9.20. The van der Waals surface area contributed by atoms with Gasteiger partial charge in [-0.15, -0.1) is 0 Å². The lowest BCUT2D eigenvalue weighted by Gasteiger charge is -2.17. The summed E-state index contributed by atoms with van der Waals surface area (Å²) < 4.78 is 5.20. The van der Waals surface area contributed by atoms with E-state index in [4.69, 9.17) is 4.74 Å². The topological polar surface area (TPSA) is 50.4 Å². The summed E-state index contributed by atoms with van der Waals surface area (Å²) in [7, 11) is 4.95. The lowest BCUT2D eigenvalue weighted by atomic mass is 10.1. The molecule has 15 heavy (non-hydrogen) atoms. The zero-order valence-electron chi connectivity index (χ0n) is 9.20. The molecule has 0 saturated carbocycles. The Labute approximate surface area is 89.6 Å². The third kappa shape index (κ3) is 2.47. The Morgan fingerprint density at radius 3 is 2.53 bits per heavy atom. The Kier molecular flexibility index (Phi) is 4.12. The van der Waals surface area contributed by atoms with E-state index in [0.29, 0.717) is 5.75 Å². The van der Waals surface area contributed by atoms with Gasteiger partial charge in [0.25, 0.3) is 0 Å². The summed E-state index contributed by atoms with van der Waals surface area (Å²) in [5, 5.41) is 5.56. The predicted octanol–water partition coefficient (Wildman–Crippen LogP) is 0.702. The van der Waals surface area contributed by atoms with Crippen molar-refractivity contribution >= 4 is 5.91 Å². The standard InChI is InChI=1S/C11H16N2O2/c1-12-10(11(14)13-2)8-6-4-5-7-9(8)15-3/h4-7,10,12H,1-3H3,(H,13,14). The summed E-state index contributed by atoms with van der Waals surface area (Å²) in [4.78, 5) is 11.6. The van der Waals surface area contributed by atoms with Gasteiger partial charge in [-0.3, -0.25) is 4.79 Å². The smallest absolute Gasteiger partial charge is 0.241 e. The van der Waals surface area contributed by atoms with Gasteiger partial charge >= 0.3 is 0 Å². The van der Waals surface area contributed by atoms with Crippen LogP contribution in [0.15, 0.2) is 24.3 Å². The van der Waals surface area contributed by atoms with Crippen molar-refractivity contribution in [2.45, 2.75) is 6.04 Å². The molecule has 1 aromatic rings. The number of carbonyl (C=O) groups is 1. The van der Waals surface area contributed by atoms with Crippen LogP contribution in [0.5, 0.6) is 5.75 Å². The van der Waals surface area contributed by atoms with Crippen molar-refractivity contribution in [3.05, 3.63) is 29.8 Å². The highest BCUT2D eigenvalue weighted by molar-refractivity contribution is 5.83. The van der Waals surface area contributed by atoms with E-state index in [0.717, 1.165) is 5.56 Å². The second-order valence-corrected chi connectivity index (χ2v) is 3.08. The number of hydrogen-bond acceptors (Lipinski definition) is 3. The molecule has 0 spiro atoms. The number of carbonyl (C=O) groups excluding carboxylic acids is 1. The zero-order chi connectivity index (χ0) is 11.3. The van der Waals surface area contributed by atoms with Crippen LogP contribution in [0.2, 0.25) is 0 Å². The number of ether oxygens (including phenoxy) is 1. The molecule has 0 radical (unpaired) electrons. The number of benzene rings is 1. The fraction of sp³-hybridized carbons (Fsp3) is 0.364. The van der Waals surface area contributed by atoms with E-state index in [1.165, 1.54) is 0 Å². The van der Waals surface area contributed by atoms with Gasteiger partial charge in [-0.25, -0.2) is 0 Å². The summed E-state index contributed by atoms with van der Waals surface area (Å²) in [5.74, 6) is 0.627. The molecule has 0 bridgehead atoms. The molecular formula is C11H16N2O2. The Bertz CT molecular complexity index is 339. The highest BCUT2D eigenvalue weighted by Crippen LogP contribution is 2.24. The van der Waals surface area contributed by atoms with Crippen LogP contribution in [0.4, 0.5) is 0 Å². The molecule has 82 valence electrons. The molecule has 1 aromatic carbocycles. The van der Waals surface area contributed by atoms with Gasteiger partial charge in [0.15, 0.2) is 0 Å². The van der Waals surface area contributed by atoms with Crippen LogP contribution in [-0.4, -0.2) is 27.1 Å². The second-order valence-electron chi connectivity index (χ2n) is 3.08. The molecule has 1 unspecified atom stereocenters. The first-order valence-electron chi connectivity index (χ1n) is 4.76. The summed E-state index contributed by atoms with van der Waals surface area (Å²) in [5.41, 5.74) is 0.835. The lowest BCUT2D eigenvalue weighted by Crippen LogP contribution is -2.33. The molecule has 0 heterocycles. The third-order valence-electron chi connectivity index (χ3n) is 2.25. The quantitative estimate of drug-likeness (QED) is 0.766. The molecule has 1 atom stereocenters. The molecule has 1 rings (SSSR count). The van der Waals surface area contributed by atoms with Crippen molar-refractivity contribution < 1.29 is 9.53 Å². The minimum Gasteiger partial charge on any atom is -0.496 e. The summed E-state index contributed by atoms with van der Waals surface area (Å²) in [6, 6.07) is 7.08. The van der Waals surface area contributed by atoms with E-state index < -0.39 is 0 Å². The SMILES string of the molecule is CNC(=O)C(NC)c1ccccc1OC. The number of para-hydroxylation sites is 1. The van der Waals surface area contributed by atoms with E-state index in [2.05, 4.69) is 10.6 Å². The van der Waals surface area contributed by atoms with E-state index in [-0.39, 0.29) is 11.9 Å². The van der Waals surface area contributed by atoms with Gasteiger partial charge in [0.2, 0.25) is 5.91 Å². The first kappa shape index (κ1) is 11.5. The van der Waals surface area contributed by atoms with Gasteiger partial charge in [-0.1, -0.05) is 18.2 Å². The van der Waals surface area contributed by atoms with Gasteiger partial charge in [-0.2, -0.15) is 0 Å². The maximum atomic E-state index is 11.6. The maximum absolute atomic E-state index is 11.6. The number of rotatable bonds is 4. The molecule has 0 aliphatic rings. The summed E-state index contributed by atoms with van der Waals surface area (Å²) >= 11 is 0.